The van der Waals surface area contributed by atoms with E-state index in [1.54, 1.807) is 0 Å². The van der Waals surface area contributed by atoms with Crippen LogP contribution in [-0.4, -0.2) is 55.0 Å². The molecule has 3 rings (SSSR count). The molecule has 5 nitrogen and oxygen atoms in total. The monoisotopic (exact) mass is 397 g/mol. The molecule has 0 atom stereocenters. The molecule has 148 valence electrons. The molecule has 1 saturated heterocycles. The summed E-state index contributed by atoms with van der Waals surface area (Å²) < 4.78 is 0. The number of aliphatic imine (C=N–C) groups is 1. The number of hydrogen-bond acceptors (Lipinski definition) is 3. The maximum Gasteiger partial charge on any atom is 0.234 e. The second-order valence-corrected chi connectivity index (χ2v) is 8.20. The zero-order valence-corrected chi connectivity index (χ0v) is 17.7. The standard InChI is InChI=1S/C22H28N4OS/c1-17-8-7-11-20(18(17)2)24-21(27)16-28-22(23-19-9-5-4-6-10-19)26-14-12-25(3)13-15-26/h4-11H,12-16H2,1-3H3,(H,24,27)/p+1. The Bertz CT molecular complexity index is 830. The van der Waals surface area contributed by atoms with Crippen LogP contribution >= 0.6 is 11.8 Å². The molecule has 0 saturated carbocycles. The molecule has 2 aromatic carbocycles. The Balaban J connectivity index is 1.68. The summed E-state index contributed by atoms with van der Waals surface area (Å²) in [7, 11) is 2.22. The van der Waals surface area contributed by atoms with Gasteiger partial charge in [0, 0.05) is 5.69 Å². The number of piperazine rings is 1. The average Bonchev–Trinajstić information content (AvgIpc) is 2.70. The predicted octanol–water partition coefficient (Wildman–Crippen LogP) is 2.49. The Hall–Kier alpha value is -2.31. The topological polar surface area (TPSA) is 49.1 Å². The van der Waals surface area contributed by atoms with Gasteiger partial charge in [-0.25, -0.2) is 4.99 Å². The SMILES string of the molecule is Cc1cccc(NC(=O)CSC(=Nc2ccccc2)N2CC[NH+](C)CC2)c1C. The number of anilines is 1. The molecule has 0 unspecified atom stereocenters. The number of rotatable bonds is 4. The van der Waals surface area contributed by atoms with Crippen LogP contribution in [0, 0.1) is 13.8 Å². The van der Waals surface area contributed by atoms with Gasteiger partial charge < -0.3 is 15.1 Å². The molecule has 2 N–H and O–H groups in total. The predicted molar refractivity (Wildman–Crippen MR) is 119 cm³/mol. The molecule has 1 aliphatic rings. The Morgan fingerprint density at radius 1 is 1.11 bits per heavy atom. The highest BCUT2D eigenvalue weighted by atomic mass is 32.2. The van der Waals surface area contributed by atoms with E-state index in [-0.39, 0.29) is 5.91 Å². The van der Waals surface area contributed by atoms with Crippen LogP contribution in [0.4, 0.5) is 11.4 Å². The quantitative estimate of drug-likeness (QED) is 0.616. The third-order valence-electron chi connectivity index (χ3n) is 5.08. The molecule has 0 spiro atoms. The lowest BCUT2D eigenvalue weighted by Gasteiger charge is -2.32. The first-order valence-electron chi connectivity index (χ1n) is 9.72. The van der Waals surface area contributed by atoms with Crippen LogP contribution in [0.25, 0.3) is 0 Å². The highest BCUT2D eigenvalue weighted by Gasteiger charge is 2.21. The molecule has 1 heterocycles. The number of para-hydroxylation sites is 1. The van der Waals surface area contributed by atoms with Crippen molar-refractivity contribution in [3.8, 4) is 0 Å². The second kappa shape index (κ2) is 9.75. The minimum absolute atomic E-state index is 0.000728. The summed E-state index contributed by atoms with van der Waals surface area (Å²) in [5.41, 5.74) is 4.10. The van der Waals surface area contributed by atoms with E-state index in [2.05, 4.69) is 30.3 Å². The van der Waals surface area contributed by atoms with Crippen molar-refractivity contribution in [3.05, 3.63) is 59.7 Å². The van der Waals surface area contributed by atoms with Crippen molar-refractivity contribution >= 4 is 34.2 Å². The number of amidine groups is 1. The molecule has 1 aliphatic heterocycles. The fourth-order valence-corrected chi connectivity index (χ4v) is 3.96. The van der Waals surface area contributed by atoms with Gasteiger partial charge in [0.2, 0.25) is 5.91 Å². The lowest BCUT2D eigenvalue weighted by molar-refractivity contribution is -0.883. The number of hydrogen-bond donors (Lipinski definition) is 2. The molecule has 28 heavy (non-hydrogen) atoms. The van der Waals surface area contributed by atoms with Gasteiger partial charge in [-0.3, -0.25) is 4.79 Å². The highest BCUT2D eigenvalue weighted by molar-refractivity contribution is 8.14. The number of nitrogens with zero attached hydrogens (tertiary/aromatic N) is 2. The van der Waals surface area contributed by atoms with Crippen molar-refractivity contribution in [1.82, 2.24) is 4.90 Å². The smallest absolute Gasteiger partial charge is 0.234 e. The van der Waals surface area contributed by atoms with Crippen LogP contribution in [0.5, 0.6) is 0 Å². The maximum atomic E-state index is 12.6. The van der Waals surface area contributed by atoms with Crippen molar-refractivity contribution in [2.45, 2.75) is 13.8 Å². The largest absolute Gasteiger partial charge is 0.340 e. The van der Waals surface area contributed by atoms with Crippen LogP contribution < -0.4 is 10.2 Å². The fourth-order valence-electron chi connectivity index (χ4n) is 3.09. The second-order valence-electron chi connectivity index (χ2n) is 7.26. The summed E-state index contributed by atoms with van der Waals surface area (Å²) in [6, 6.07) is 15.9. The van der Waals surface area contributed by atoms with Crippen molar-refractivity contribution in [2.75, 3.05) is 44.3 Å². The van der Waals surface area contributed by atoms with Crippen molar-refractivity contribution in [2.24, 2.45) is 4.99 Å². The zero-order chi connectivity index (χ0) is 19.9. The molecule has 0 aromatic heterocycles. The van der Waals surface area contributed by atoms with Crippen molar-refractivity contribution < 1.29 is 9.69 Å². The summed E-state index contributed by atoms with van der Waals surface area (Å²) in [4.78, 5) is 21.2. The molecular formula is C22H29N4OS+. The molecule has 1 fully saturated rings. The van der Waals surface area contributed by atoms with Crippen molar-refractivity contribution in [1.29, 1.82) is 0 Å². The van der Waals surface area contributed by atoms with E-state index in [1.807, 2.05) is 49.4 Å². The van der Waals surface area contributed by atoms with Gasteiger partial charge in [-0.05, 0) is 43.2 Å². The molecule has 0 aliphatic carbocycles. The van der Waals surface area contributed by atoms with Gasteiger partial charge >= 0.3 is 0 Å². The van der Waals surface area contributed by atoms with Gasteiger partial charge in [0.1, 0.15) is 0 Å². The van der Waals surface area contributed by atoms with Crippen LogP contribution in [-0.2, 0) is 4.79 Å². The molecular weight excluding hydrogens is 368 g/mol. The minimum Gasteiger partial charge on any atom is -0.340 e. The average molecular weight is 398 g/mol. The fraction of sp³-hybridized carbons (Fsp3) is 0.364. The maximum absolute atomic E-state index is 12.6. The Morgan fingerprint density at radius 3 is 2.54 bits per heavy atom. The van der Waals surface area contributed by atoms with E-state index in [0.29, 0.717) is 5.75 Å². The van der Waals surface area contributed by atoms with Crippen LogP contribution in [0.2, 0.25) is 0 Å². The molecule has 1 amide bonds. The van der Waals surface area contributed by atoms with Crippen LogP contribution in [0.15, 0.2) is 53.5 Å². The summed E-state index contributed by atoms with van der Waals surface area (Å²) >= 11 is 1.52. The van der Waals surface area contributed by atoms with Gasteiger partial charge in [-0.1, -0.05) is 42.1 Å². The van der Waals surface area contributed by atoms with E-state index in [0.717, 1.165) is 48.3 Å². The molecule has 0 radical (unpaired) electrons. The third-order valence-corrected chi connectivity index (χ3v) is 6.09. The van der Waals surface area contributed by atoms with Gasteiger partial charge in [0.25, 0.3) is 0 Å². The lowest BCUT2D eigenvalue weighted by Crippen LogP contribution is -3.12. The number of thioether (sulfide) groups is 1. The molecule has 2 aromatic rings. The van der Waals surface area contributed by atoms with Crippen molar-refractivity contribution in [3.63, 3.8) is 0 Å². The Labute approximate surface area is 171 Å². The van der Waals surface area contributed by atoms with E-state index >= 15 is 0 Å². The van der Waals surface area contributed by atoms with E-state index in [1.165, 1.54) is 22.2 Å². The van der Waals surface area contributed by atoms with Crippen LogP contribution in [0.1, 0.15) is 11.1 Å². The number of carbonyl (C=O) groups is 1. The first-order valence-corrected chi connectivity index (χ1v) is 10.7. The number of benzene rings is 2. The number of carbonyl (C=O) groups excluding carboxylic acids is 1. The summed E-state index contributed by atoms with van der Waals surface area (Å²) in [6.45, 7) is 8.19. The van der Waals surface area contributed by atoms with E-state index < -0.39 is 0 Å². The lowest BCUT2D eigenvalue weighted by atomic mass is 10.1. The Kier molecular flexibility index (Phi) is 7.12. The molecule has 0 bridgehead atoms. The molecule has 6 heteroatoms. The number of nitrogens with one attached hydrogen (secondary N) is 2. The summed E-state index contributed by atoms with van der Waals surface area (Å²) in [5, 5.41) is 3.97. The normalized spacial score (nSPS) is 15.5. The third kappa shape index (κ3) is 5.59. The zero-order valence-electron chi connectivity index (χ0n) is 16.9. The van der Waals surface area contributed by atoms with E-state index in [9.17, 15) is 4.79 Å². The number of amides is 1. The number of aryl methyl sites for hydroxylation is 1. The van der Waals surface area contributed by atoms with Gasteiger partial charge in [0.15, 0.2) is 5.17 Å². The number of quaternary nitrogens is 1. The van der Waals surface area contributed by atoms with Crippen LogP contribution in [0.3, 0.4) is 0 Å². The minimum atomic E-state index is -0.000728. The highest BCUT2D eigenvalue weighted by Crippen LogP contribution is 2.20. The van der Waals surface area contributed by atoms with Gasteiger partial charge in [-0.2, -0.15) is 0 Å². The number of likely N-dealkylation sites (N-methyl/N-ethyl adjacent to an activating group) is 1. The Morgan fingerprint density at radius 2 is 1.82 bits per heavy atom. The summed E-state index contributed by atoms with van der Waals surface area (Å²) in [6.07, 6.45) is 0. The van der Waals surface area contributed by atoms with E-state index in [4.69, 9.17) is 4.99 Å². The summed E-state index contributed by atoms with van der Waals surface area (Å²) in [5.74, 6) is 0.345. The van der Waals surface area contributed by atoms with Gasteiger partial charge in [0.05, 0.1) is 44.7 Å². The first-order chi connectivity index (χ1) is 13.5. The first kappa shape index (κ1) is 20.4. The van der Waals surface area contributed by atoms with Gasteiger partial charge in [-0.15, -0.1) is 0 Å².